The molecular formula is C18H17N7O8S2. The number of nitrogen functional groups attached to an aromatic ring is 1. The molecule has 0 spiro atoms. The molecule has 17 heteroatoms. The number of carboxylic acid groups (broad SMARTS) is 1. The number of aliphatic carboxylic acids is 1. The number of amides is 3. The molecule has 0 aliphatic carbocycles. The van der Waals surface area contributed by atoms with Crippen LogP contribution in [0, 0.1) is 0 Å². The van der Waals surface area contributed by atoms with E-state index < -0.39 is 46.4 Å². The fourth-order valence-electron chi connectivity index (χ4n) is 3.58. The molecule has 7 N–H and O–H groups in total. The number of β-lactam (4-membered cyclic amide) rings is 1. The van der Waals surface area contributed by atoms with Crippen molar-refractivity contribution in [3.05, 3.63) is 44.5 Å². The first-order valence-electron chi connectivity index (χ1n) is 9.73. The van der Waals surface area contributed by atoms with Crippen molar-refractivity contribution in [2.75, 3.05) is 11.5 Å². The van der Waals surface area contributed by atoms with E-state index in [9.17, 15) is 34.3 Å². The molecule has 35 heavy (non-hydrogen) atoms. The van der Waals surface area contributed by atoms with Crippen molar-refractivity contribution in [3.8, 4) is 0 Å². The lowest BCUT2D eigenvalue weighted by Crippen LogP contribution is -2.71. The van der Waals surface area contributed by atoms with Crippen LogP contribution < -0.4 is 22.3 Å². The highest BCUT2D eigenvalue weighted by atomic mass is 32.2. The number of rotatable bonds is 8. The number of hydrogen-bond donors (Lipinski definition) is 5. The van der Waals surface area contributed by atoms with Gasteiger partial charge in [-0.2, -0.15) is 4.74 Å². The van der Waals surface area contributed by atoms with Gasteiger partial charge in [-0.15, -0.1) is 23.1 Å². The van der Waals surface area contributed by atoms with E-state index in [4.69, 9.17) is 16.0 Å². The van der Waals surface area contributed by atoms with Gasteiger partial charge in [-0.05, 0) is 5.57 Å². The number of nitrogens with one attached hydrogen (secondary N) is 1. The molecule has 184 valence electrons. The second kappa shape index (κ2) is 9.26. The molecule has 2 aliphatic rings. The number of oxime groups is 1. The van der Waals surface area contributed by atoms with E-state index in [0.29, 0.717) is 0 Å². The van der Waals surface area contributed by atoms with Crippen molar-refractivity contribution in [3.63, 3.8) is 0 Å². The van der Waals surface area contributed by atoms with E-state index in [1.54, 1.807) is 0 Å². The topological polar surface area (TPSA) is 236 Å². The number of hydrogen-bond acceptors (Lipinski definition) is 12. The van der Waals surface area contributed by atoms with E-state index in [2.05, 4.69) is 15.5 Å². The van der Waals surface area contributed by atoms with E-state index in [0.717, 1.165) is 38.8 Å². The number of carbonyl (C=O) groups excluding carboxylic acids is 3. The predicted molar refractivity (Wildman–Crippen MR) is 120 cm³/mol. The third-order valence-corrected chi connectivity index (χ3v) is 7.07. The lowest BCUT2D eigenvalue weighted by atomic mass is 10.0. The van der Waals surface area contributed by atoms with Gasteiger partial charge in [0.2, 0.25) is 5.91 Å². The lowest BCUT2D eigenvalue weighted by molar-refractivity contribution is -0.150. The van der Waals surface area contributed by atoms with Gasteiger partial charge >= 0.3 is 5.97 Å². The first-order chi connectivity index (χ1) is 16.6. The monoisotopic (exact) mass is 523 g/mol. The summed E-state index contributed by atoms with van der Waals surface area (Å²) in [6.45, 7) is -0.272. The van der Waals surface area contributed by atoms with Gasteiger partial charge in [-0.1, -0.05) is 5.16 Å². The summed E-state index contributed by atoms with van der Waals surface area (Å²) in [4.78, 5) is 65.4. The summed E-state index contributed by atoms with van der Waals surface area (Å²) in [7, 11) is 0. The van der Waals surface area contributed by atoms with Crippen molar-refractivity contribution in [2.24, 2.45) is 10.9 Å². The van der Waals surface area contributed by atoms with Gasteiger partial charge in [-0.25, -0.2) is 9.78 Å². The largest absolute Gasteiger partial charge is 0.477 e. The fourth-order valence-corrected chi connectivity index (χ4v) is 5.47. The predicted octanol–water partition coefficient (Wildman–Crippen LogP) is -1.88. The van der Waals surface area contributed by atoms with Gasteiger partial charge in [0.1, 0.15) is 28.6 Å². The first-order valence-corrected chi connectivity index (χ1v) is 11.7. The minimum atomic E-state index is -1.41. The molecule has 15 nitrogen and oxygen atoms in total. The van der Waals surface area contributed by atoms with Gasteiger partial charge in [0.05, 0.1) is 13.0 Å². The van der Waals surface area contributed by atoms with Crippen molar-refractivity contribution < 1.29 is 34.0 Å². The molecular weight excluding hydrogens is 506 g/mol. The maximum atomic E-state index is 12.8. The molecule has 1 unspecified atom stereocenters. The molecule has 1 fully saturated rings. The summed E-state index contributed by atoms with van der Waals surface area (Å²) in [5.41, 5.74) is 9.45. The minimum absolute atomic E-state index is 0.0143. The first kappa shape index (κ1) is 24.0. The van der Waals surface area contributed by atoms with Crippen molar-refractivity contribution in [1.29, 1.82) is 0 Å². The zero-order chi connectivity index (χ0) is 25.4. The third-order valence-electron chi connectivity index (χ3n) is 5.06. The van der Waals surface area contributed by atoms with Crippen molar-refractivity contribution in [1.82, 2.24) is 19.9 Å². The van der Waals surface area contributed by atoms with Gasteiger partial charge in [0, 0.05) is 17.2 Å². The van der Waals surface area contributed by atoms with Crippen LogP contribution in [0.5, 0.6) is 0 Å². The maximum Gasteiger partial charge on any atom is 0.352 e. The summed E-state index contributed by atoms with van der Waals surface area (Å²) in [6.07, 6.45) is -0.303. The number of fused-ring (bicyclic) bond motifs is 1. The molecule has 4 rings (SSSR count). The average molecular weight is 524 g/mol. The zero-order valence-electron chi connectivity index (χ0n) is 17.5. The number of aromatic nitrogens is 2. The fraction of sp³-hybridized carbons (Fsp3) is 0.278. The van der Waals surface area contributed by atoms with Gasteiger partial charge in [0.25, 0.3) is 17.4 Å². The molecule has 2 aromatic rings. The number of nitrogens with zero attached hydrogens (tertiary/aromatic N) is 4. The molecule has 0 aromatic carbocycles. The minimum Gasteiger partial charge on any atom is -0.477 e. The summed E-state index contributed by atoms with van der Waals surface area (Å²) in [5, 5.41) is 25.1. The highest BCUT2D eigenvalue weighted by Gasteiger charge is 2.54. The number of carbonyl (C=O) groups is 4. The van der Waals surface area contributed by atoms with Crippen LogP contribution in [0.2, 0.25) is 0 Å². The zero-order valence-corrected chi connectivity index (χ0v) is 19.2. The Morgan fingerprint density at radius 3 is 2.69 bits per heavy atom. The second-order valence-corrected chi connectivity index (χ2v) is 9.35. The van der Waals surface area contributed by atoms with Crippen molar-refractivity contribution >= 4 is 57.6 Å². The highest BCUT2D eigenvalue weighted by Crippen LogP contribution is 2.40. The Morgan fingerprint density at radius 1 is 1.34 bits per heavy atom. The average Bonchev–Trinajstić information content (AvgIpc) is 3.36. The maximum absolute atomic E-state index is 12.8. The lowest BCUT2D eigenvalue weighted by Gasteiger charge is -2.49. The van der Waals surface area contributed by atoms with Crippen LogP contribution >= 0.6 is 23.1 Å². The molecule has 4 heterocycles. The molecule has 2 aromatic heterocycles. The van der Waals surface area contributed by atoms with E-state index in [-0.39, 0.29) is 46.6 Å². The number of carboxylic acids is 1. The van der Waals surface area contributed by atoms with Gasteiger partial charge in [-0.3, -0.25) is 24.1 Å². The van der Waals surface area contributed by atoms with Gasteiger partial charge in [0.15, 0.2) is 10.8 Å². The number of nitrogens with two attached hydrogens (primary N) is 2. The Hall–Kier alpha value is -4.12. The summed E-state index contributed by atoms with van der Waals surface area (Å²) < 4.78 is 6.14. The van der Waals surface area contributed by atoms with Crippen LogP contribution in [-0.2, 0) is 32.1 Å². The Kier molecular flexibility index (Phi) is 6.35. The number of primary amides is 1. The van der Waals surface area contributed by atoms with E-state index >= 15 is 0 Å². The van der Waals surface area contributed by atoms with Crippen LogP contribution in [-0.4, -0.2) is 71.5 Å². The summed E-state index contributed by atoms with van der Waals surface area (Å²) >= 11 is 2.18. The molecule has 0 saturated carbocycles. The molecule has 2 aliphatic heterocycles. The van der Waals surface area contributed by atoms with Crippen LogP contribution in [0.15, 0.2) is 37.2 Å². The van der Waals surface area contributed by atoms with E-state index in [1.807, 2.05) is 0 Å². The standard InChI is InChI=1S/C18H17N7O8S2/c19-9(26)1-7-2-10(27)24(33-7)3-6-4-34-16-12(15(29)25(16)13(6)17(30)31)22-14(28)11(23-32)8-5-35-18(20)21-8/h2,5,12,16,32H,1,3-4H2,(H2,19,26)(H2,20,21)(H,22,28)(H,30,31)/b23-11-/t12?,16-/m1/s1. The Balaban J connectivity index is 1.53. The number of anilines is 1. The van der Waals surface area contributed by atoms with Crippen LogP contribution in [0.4, 0.5) is 5.13 Å². The smallest absolute Gasteiger partial charge is 0.352 e. The quantitative estimate of drug-likeness (QED) is 0.111. The number of thiazole rings is 1. The second-order valence-electron chi connectivity index (χ2n) is 7.36. The summed E-state index contributed by atoms with van der Waals surface area (Å²) in [5.74, 6) is -3.60. The molecule has 2 atom stereocenters. The SMILES string of the molecule is NC(=O)Cc1cc(=O)n(CC2=C(C(=O)O)N3C(=O)C(NC(=O)/C(=N\O)c4csc(N)n4)[C@H]3SC2)o1. The van der Waals surface area contributed by atoms with Crippen LogP contribution in [0.1, 0.15) is 11.5 Å². The summed E-state index contributed by atoms with van der Waals surface area (Å²) in [6, 6.07) is -0.0224. The Bertz CT molecular complexity index is 1360. The van der Waals surface area contributed by atoms with Crippen LogP contribution in [0.25, 0.3) is 0 Å². The highest BCUT2D eigenvalue weighted by molar-refractivity contribution is 8.00. The third kappa shape index (κ3) is 4.50. The van der Waals surface area contributed by atoms with Crippen molar-refractivity contribution in [2.45, 2.75) is 24.4 Å². The molecule has 3 amide bonds. The Labute approximate surface area is 203 Å². The number of thioether (sulfide) groups is 1. The Morgan fingerprint density at radius 2 is 2.09 bits per heavy atom. The molecule has 0 radical (unpaired) electrons. The van der Waals surface area contributed by atoms with Gasteiger partial charge < -0.3 is 31.6 Å². The normalized spacial score (nSPS) is 19.8. The molecule has 0 bridgehead atoms. The van der Waals surface area contributed by atoms with Crippen LogP contribution in [0.3, 0.4) is 0 Å². The molecule has 1 saturated heterocycles. The van der Waals surface area contributed by atoms with E-state index in [1.165, 1.54) is 5.38 Å².